The highest BCUT2D eigenvalue weighted by Crippen LogP contribution is 2.17. The molecule has 1 rings (SSSR count). The summed E-state index contributed by atoms with van der Waals surface area (Å²) in [6, 6.07) is 0. The van der Waals surface area contributed by atoms with Crippen LogP contribution in [0.3, 0.4) is 0 Å². The Kier molecular flexibility index (Phi) is 5.35. The number of nitrogens with one attached hydrogen (secondary N) is 1. The van der Waals surface area contributed by atoms with Gasteiger partial charge in [0.15, 0.2) is 0 Å². The second-order valence-corrected chi connectivity index (χ2v) is 5.97. The van der Waals surface area contributed by atoms with Gasteiger partial charge >= 0.3 is 5.97 Å². The van der Waals surface area contributed by atoms with Crippen molar-refractivity contribution in [3.8, 4) is 0 Å². The summed E-state index contributed by atoms with van der Waals surface area (Å²) in [5, 5.41) is 0. The number of rotatable bonds is 5. The van der Waals surface area contributed by atoms with Crippen LogP contribution >= 0.6 is 0 Å². The van der Waals surface area contributed by atoms with Crippen molar-refractivity contribution < 1.29 is 17.9 Å². The van der Waals surface area contributed by atoms with Gasteiger partial charge in [0.1, 0.15) is 6.54 Å². The van der Waals surface area contributed by atoms with E-state index in [1.54, 1.807) is 6.92 Å². The van der Waals surface area contributed by atoms with Gasteiger partial charge in [0, 0.05) is 13.1 Å². The number of hydrogen-bond acceptors (Lipinski definition) is 4. The van der Waals surface area contributed by atoms with E-state index in [1.807, 2.05) is 0 Å². The van der Waals surface area contributed by atoms with Gasteiger partial charge in [-0.05, 0) is 25.7 Å². The molecular weight excluding hydrogens is 244 g/mol. The predicted molar refractivity (Wildman–Crippen MR) is 63.5 cm³/mol. The number of carbonyl (C=O) groups is 1. The Morgan fingerprint density at radius 1 is 1.41 bits per heavy atom. The van der Waals surface area contributed by atoms with Gasteiger partial charge in [-0.2, -0.15) is 17.4 Å². The monoisotopic (exact) mass is 264 g/mol. The van der Waals surface area contributed by atoms with E-state index in [4.69, 9.17) is 0 Å². The first-order valence-corrected chi connectivity index (χ1v) is 7.30. The third-order valence-corrected chi connectivity index (χ3v) is 4.34. The highest BCUT2D eigenvalue weighted by molar-refractivity contribution is 7.87. The van der Waals surface area contributed by atoms with E-state index >= 15 is 0 Å². The molecule has 0 radical (unpaired) electrons. The van der Waals surface area contributed by atoms with Gasteiger partial charge in [-0.1, -0.05) is 6.92 Å². The molecule has 1 aliphatic rings. The van der Waals surface area contributed by atoms with Gasteiger partial charge in [0.2, 0.25) is 0 Å². The lowest BCUT2D eigenvalue weighted by Crippen LogP contribution is -2.46. The van der Waals surface area contributed by atoms with Crippen LogP contribution in [-0.4, -0.2) is 44.9 Å². The molecule has 1 heterocycles. The predicted octanol–water partition coefficient (Wildman–Crippen LogP) is 0.116. The first kappa shape index (κ1) is 14.4. The molecule has 1 saturated heterocycles. The Hall–Kier alpha value is -0.660. The van der Waals surface area contributed by atoms with Crippen molar-refractivity contribution in [2.24, 2.45) is 5.92 Å². The Balaban J connectivity index is 2.43. The van der Waals surface area contributed by atoms with E-state index in [9.17, 15) is 13.2 Å². The van der Waals surface area contributed by atoms with E-state index in [2.05, 4.69) is 16.4 Å². The van der Waals surface area contributed by atoms with Crippen molar-refractivity contribution in [1.82, 2.24) is 9.03 Å². The zero-order valence-corrected chi connectivity index (χ0v) is 11.1. The van der Waals surface area contributed by atoms with Gasteiger partial charge in [0.05, 0.1) is 6.61 Å². The Morgan fingerprint density at radius 3 is 2.53 bits per heavy atom. The summed E-state index contributed by atoms with van der Waals surface area (Å²) in [5.41, 5.74) is 0. The van der Waals surface area contributed by atoms with Crippen molar-refractivity contribution in [2.75, 3.05) is 26.2 Å². The molecule has 100 valence electrons. The minimum atomic E-state index is -3.54. The summed E-state index contributed by atoms with van der Waals surface area (Å²) in [6.45, 7) is 4.76. The Labute approximate surface area is 102 Å². The maximum absolute atomic E-state index is 11.8. The van der Waals surface area contributed by atoms with Crippen LogP contribution < -0.4 is 4.72 Å². The van der Waals surface area contributed by atoms with E-state index in [1.165, 1.54) is 4.31 Å². The van der Waals surface area contributed by atoms with Gasteiger partial charge < -0.3 is 4.74 Å². The molecule has 0 spiro atoms. The summed E-state index contributed by atoms with van der Waals surface area (Å²) >= 11 is 0. The van der Waals surface area contributed by atoms with Crippen LogP contribution in [0.2, 0.25) is 0 Å². The molecular formula is C10H20N2O4S. The molecule has 0 aromatic rings. The number of ether oxygens (including phenoxy) is 1. The van der Waals surface area contributed by atoms with Crippen LogP contribution in [-0.2, 0) is 19.7 Å². The average Bonchev–Trinajstić information content (AvgIpc) is 2.28. The molecule has 0 amide bonds. The molecule has 0 aromatic carbocycles. The summed E-state index contributed by atoms with van der Waals surface area (Å²) in [4.78, 5) is 11.1. The van der Waals surface area contributed by atoms with E-state index in [0.29, 0.717) is 19.0 Å². The first-order valence-electron chi connectivity index (χ1n) is 5.86. The summed E-state index contributed by atoms with van der Waals surface area (Å²) in [7, 11) is -3.54. The molecule has 0 bridgehead atoms. The number of esters is 1. The average molecular weight is 264 g/mol. The van der Waals surface area contributed by atoms with Crippen LogP contribution in [0.25, 0.3) is 0 Å². The minimum absolute atomic E-state index is 0.252. The fraction of sp³-hybridized carbons (Fsp3) is 0.900. The first-order chi connectivity index (χ1) is 7.95. The molecule has 1 N–H and O–H groups in total. The van der Waals surface area contributed by atoms with Crippen LogP contribution in [0, 0.1) is 5.92 Å². The smallest absolute Gasteiger partial charge is 0.321 e. The third kappa shape index (κ3) is 4.61. The van der Waals surface area contributed by atoms with Crippen LogP contribution in [0.15, 0.2) is 0 Å². The summed E-state index contributed by atoms with van der Waals surface area (Å²) < 4.78 is 31.9. The fourth-order valence-electron chi connectivity index (χ4n) is 1.68. The van der Waals surface area contributed by atoms with Crippen molar-refractivity contribution in [3.63, 3.8) is 0 Å². The normalized spacial score (nSPS) is 19.2. The van der Waals surface area contributed by atoms with E-state index in [0.717, 1.165) is 12.8 Å². The maximum Gasteiger partial charge on any atom is 0.321 e. The SMILES string of the molecule is CCOC(=O)CNS(=O)(=O)N1CCC(C)CC1. The number of piperidine rings is 1. The van der Waals surface area contributed by atoms with Crippen LogP contribution in [0.4, 0.5) is 0 Å². The quantitative estimate of drug-likeness (QED) is 0.715. The summed E-state index contributed by atoms with van der Waals surface area (Å²) in [5.74, 6) is 0.00737. The van der Waals surface area contributed by atoms with Crippen LogP contribution in [0.5, 0.6) is 0 Å². The van der Waals surface area contributed by atoms with E-state index in [-0.39, 0.29) is 13.2 Å². The van der Waals surface area contributed by atoms with Gasteiger partial charge in [0.25, 0.3) is 10.2 Å². The Bertz CT molecular complexity index is 347. The second-order valence-electron chi connectivity index (χ2n) is 4.21. The number of nitrogens with zero attached hydrogens (tertiary/aromatic N) is 1. The standard InChI is InChI=1S/C10H20N2O4S/c1-3-16-10(13)8-11-17(14,15)12-6-4-9(2)5-7-12/h9,11H,3-8H2,1-2H3. The Morgan fingerprint density at radius 2 is 2.00 bits per heavy atom. The highest BCUT2D eigenvalue weighted by atomic mass is 32.2. The highest BCUT2D eigenvalue weighted by Gasteiger charge is 2.26. The number of carbonyl (C=O) groups excluding carboxylic acids is 1. The molecule has 1 aliphatic heterocycles. The van der Waals surface area contributed by atoms with Crippen molar-refractivity contribution >= 4 is 16.2 Å². The van der Waals surface area contributed by atoms with Crippen molar-refractivity contribution in [2.45, 2.75) is 26.7 Å². The van der Waals surface area contributed by atoms with E-state index < -0.39 is 16.2 Å². The molecule has 7 heteroatoms. The lowest BCUT2D eigenvalue weighted by molar-refractivity contribution is -0.141. The lowest BCUT2D eigenvalue weighted by Gasteiger charge is -2.29. The fourth-order valence-corrected chi connectivity index (χ4v) is 2.85. The maximum atomic E-state index is 11.8. The molecule has 0 aromatic heterocycles. The lowest BCUT2D eigenvalue weighted by atomic mass is 10.0. The van der Waals surface area contributed by atoms with Gasteiger partial charge in [-0.15, -0.1) is 0 Å². The molecule has 6 nitrogen and oxygen atoms in total. The third-order valence-electron chi connectivity index (χ3n) is 2.79. The largest absolute Gasteiger partial charge is 0.465 e. The molecule has 0 atom stereocenters. The van der Waals surface area contributed by atoms with Crippen molar-refractivity contribution in [1.29, 1.82) is 0 Å². The zero-order chi connectivity index (χ0) is 12.9. The molecule has 1 fully saturated rings. The van der Waals surface area contributed by atoms with Crippen molar-refractivity contribution in [3.05, 3.63) is 0 Å². The number of hydrogen-bond donors (Lipinski definition) is 1. The van der Waals surface area contributed by atoms with Gasteiger partial charge in [-0.25, -0.2) is 0 Å². The van der Waals surface area contributed by atoms with Crippen LogP contribution in [0.1, 0.15) is 26.7 Å². The molecule has 0 saturated carbocycles. The van der Waals surface area contributed by atoms with Gasteiger partial charge in [-0.3, -0.25) is 4.79 Å². The summed E-state index contributed by atoms with van der Waals surface area (Å²) in [6.07, 6.45) is 1.72. The topological polar surface area (TPSA) is 75.7 Å². The molecule has 0 aliphatic carbocycles. The molecule has 17 heavy (non-hydrogen) atoms. The molecule has 0 unspecified atom stereocenters. The minimum Gasteiger partial charge on any atom is -0.465 e. The zero-order valence-electron chi connectivity index (χ0n) is 10.3. The second kappa shape index (κ2) is 6.32.